The second-order valence-electron chi connectivity index (χ2n) is 5.95. The van der Waals surface area contributed by atoms with Crippen LogP contribution in [0.2, 0.25) is 0 Å². The number of imidazole rings is 1. The number of aromatic nitrogens is 5. The number of carbonyl (C=O) groups is 1. The fourth-order valence-corrected chi connectivity index (χ4v) is 3.11. The summed E-state index contributed by atoms with van der Waals surface area (Å²) in [5.74, 6) is 0.565. The maximum absolute atomic E-state index is 12.6. The van der Waals surface area contributed by atoms with Crippen molar-refractivity contribution in [3.8, 4) is 0 Å². The SMILES string of the molecule is O=C(c1cn2ccccc2n1)N1CCC(Cn2cncn2)CC1. The van der Waals surface area contributed by atoms with Gasteiger partial charge in [0.25, 0.3) is 5.91 Å². The van der Waals surface area contributed by atoms with Crippen molar-refractivity contribution in [1.82, 2.24) is 29.0 Å². The van der Waals surface area contributed by atoms with Crippen LogP contribution < -0.4 is 0 Å². The molecule has 0 bridgehead atoms. The molecule has 0 aliphatic carbocycles. The number of carbonyl (C=O) groups excluding carboxylic acids is 1. The van der Waals surface area contributed by atoms with E-state index in [0.717, 1.165) is 38.1 Å². The van der Waals surface area contributed by atoms with E-state index in [0.29, 0.717) is 11.6 Å². The van der Waals surface area contributed by atoms with Gasteiger partial charge in [-0.1, -0.05) is 6.07 Å². The summed E-state index contributed by atoms with van der Waals surface area (Å²) >= 11 is 0. The summed E-state index contributed by atoms with van der Waals surface area (Å²) in [6.07, 6.45) is 8.98. The van der Waals surface area contributed by atoms with Crippen LogP contribution in [0, 0.1) is 5.92 Å². The molecule has 4 heterocycles. The third kappa shape index (κ3) is 2.81. The van der Waals surface area contributed by atoms with Gasteiger partial charge in [-0.15, -0.1) is 0 Å². The van der Waals surface area contributed by atoms with Crippen LogP contribution in [0.15, 0.2) is 43.2 Å². The highest BCUT2D eigenvalue weighted by Gasteiger charge is 2.25. The van der Waals surface area contributed by atoms with E-state index in [4.69, 9.17) is 0 Å². The van der Waals surface area contributed by atoms with Crippen molar-refractivity contribution < 1.29 is 4.79 Å². The summed E-state index contributed by atoms with van der Waals surface area (Å²) < 4.78 is 3.74. The van der Waals surface area contributed by atoms with E-state index in [1.54, 1.807) is 18.9 Å². The number of pyridine rings is 1. The lowest BCUT2D eigenvalue weighted by atomic mass is 9.96. The standard InChI is InChI=1S/C16H18N6O/c23-16(14-10-21-6-2-1-3-15(21)19-14)20-7-4-13(5-8-20)9-22-12-17-11-18-22/h1-3,6,10-13H,4-5,7-9H2. The molecule has 0 saturated carbocycles. The monoisotopic (exact) mass is 310 g/mol. The van der Waals surface area contributed by atoms with Gasteiger partial charge in [-0.25, -0.2) is 9.97 Å². The first-order valence-corrected chi connectivity index (χ1v) is 7.85. The van der Waals surface area contributed by atoms with Gasteiger partial charge in [0.2, 0.25) is 0 Å². The van der Waals surface area contributed by atoms with Gasteiger partial charge in [-0.05, 0) is 30.9 Å². The van der Waals surface area contributed by atoms with Crippen LogP contribution in [0.25, 0.3) is 5.65 Å². The van der Waals surface area contributed by atoms with Crippen LogP contribution in [-0.4, -0.2) is 48.0 Å². The summed E-state index contributed by atoms with van der Waals surface area (Å²) in [6.45, 7) is 2.41. The normalized spacial score (nSPS) is 16.1. The van der Waals surface area contributed by atoms with E-state index in [1.807, 2.05) is 38.4 Å². The Balaban J connectivity index is 1.40. The first kappa shape index (κ1) is 13.9. The minimum atomic E-state index is 0.0212. The number of amides is 1. The van der Waals surface area contributed by atoms with E-state index in [-0.39, 0.29) is 5.91 Å². The Bertz CT molecular complexity index is 768. The Morgan fingerprint density at radius 3 is 2.87 bits per heavy atom. The van der Waals surface area contributed by atoms with Gasteiger partial charge >= 0.3 is 0 Å². The van der Waals surface area contributed by atoms with Crippen molar-refractivity contribution in [3.63, 3.8) is 0 Å². The third-order valence-electron chi connectivity index (χ3n) is 4.40. The van der Waals surface area contributed by atoms with Gasteiger partial charge in [0.15, 0.2) is 0 Å². The maximum atomic E-state index is 12.6. The minimum absolute atomic E-state index is 0.0212. The Morgan fingerprint density at radius 2 is 2.13 bits per heavy atom. The molecule has 3 aromatic heterocycles. The van der Waals surface area contributed by atoms with E-state index in [2.05, 4.69) is 15.1 Å². The molecule has 3 aromatic rings. The summed E-state index contributed by atoms with van der Waals surface area (Å²) in [4.78, 5) is 22.9. The van der Waals surface area contributed by atoms with Crippen molar-refractivity contribution in [2.75, 3.05) is 13.1 Å². The van der Waals surface area contributed by atoms with Gasteiger partial charge in [0.1, 0.15) is 24.0 Å². The molecule has 0 unspecified atom stereocenters. The predicted octanol–water partition coefficient (Wildman–Crippen LogP) is 1.48. The molecular weight excluding hydrogens is 292 g/mol. The molecule has 0 aromatic carbocycles. The van der Waals surface area contributed by atoms with E-state index < -0.39 is 0 Å². The summed E-state index contributed by atoms with van der Waals surface area (Å²) in [5.41, 5.74) is 1.32. The van der Waals surface area contributed by atoms with Crippen molar-refractivity contribution in [1.29, 1.82) is 0 Å². The van der Waals surface area contributed by atoms with Crippen LogP contribution in [0.4, 0.5) is 0 Å². The van der Waals surface area contributed by atoms with Crippen LogP contribution in [0.3, 0.4) is 0 Å². The number of hydrogen-bond donors (Lipinski definition) is 0. The quantitative estimate of drug-likeness (QED) is 0.735. The summed E-state index contributed by atoms with van der Waals surface area (Å²) in [7, 11) is 0. The zero-order valence-corrected chi connectivity index (χ0v) is 12.7. The summed E-state index contributed by atoms with van der Waals surface area (Å²) in [6, 6.07) is 5.76. The minimum Gasteiger partial charge on any atom is -0.337 e. The average molecular weight is 310 g/mol. The molecule has 23 heavy (non-hydrogen) atoms. The molecule has 0 N–H and O–H groups in total. The lowest BCUT2D eigenvalue weighted by molar-refractivity contribution is 0.0676. The molecule has 1 aliphatic rings. The number of piperidine rings is 1. The fourth-order valence-electron chi connectivity index (χ4n) is 3.11. The molecule has 7 heteroatoms. The molecule has 1 aliphatic heterocycles. The van der Waals surface area contributed by atoms with Crippen molar-refractivity contribution in [2.24, 2.45) is 5.92 Å². The number of fused-ring (bicyclic) bond motifs is 1. The van der Waals surface area contributed by atoms with Crippen molar-refractivity contribution >= 4 is 11.6 Å². The van der Waals surface area contributed by atoms with Gasteiger partial charge in [0.05, 0.1) is 0 Å². The van der Waals surface area contributed by atoms with Crippen LogP contribution in [0.1, 0.15) is 23.3 Å². The van der Waals surface area contributed by atoms with Crippen LogP contribution >= 0.6 is 0 Å². The lowest BCUT2D eigenvalue weighted by Crippen LogP contribution is -2.39. The number of hydrogen-bond acceptors (Lipinski definition) is 4. The lowest BCUT2D eigenvalue weighted by Gasteiger charge is -2.31. The average Bonchev–Trinajstić information content (AvgIpc) is 3.24. The zero-order chi connectivity index (χ0) is 15.6. The molecule has 1 saturated heterocycles. The molecule has 0 radical (unpaired) electrons. The molecule has 0 atom stereocenters. The molecule has 4 rings (SSSR count). The maximum Gasteiger partial charge on any atom is 0.274 e. The predicted molar refractivity (Wildman–Crippen MR) is 83.8 cm³/mol. The van der Waals surface area contributed by atoms with Crippen LogP contribution in [0.5, 0.6) is 0 Å². The molecule has 1 amide bonds. The number of nitrogens with zero attached hydrogens (tertiary/aromatic N) is 6. The molecular formula is C16H18N6O. The molecule has 1 fully saturated rings. The highest BCUT2D eigenvalue weighted by molar-refractivity contribution is 5.93. The van der Waals surface area contributed by atoms with E-state index in [9.17, 15) is 4.79 Å². The van der Waals surface area contributed by atoms with Gasteiger partial charge in [-0.2, -0.15) is 5.10 Å². The Morgan fingerprint density at radius 1 is 1.26 bits per heavy atom. The number of rotatable bonds is 3. The Kier molecular flexibility index (Phi) is 3.53. The van der Waals surface area contributed by atoms with Crippen molar-refractivity contribution in [3.05, 3.63) is 48.9 Å². The van der Waals surface area contributed by atoms with E-state index >= 15 is 0 Å². The van der Waals surface area contributed by atoms with Gasteiger partial charge < -0.3 is 9.30 Å². The molecule has 0 spiro atoms. The summed E-state index contributed by atoms with van der Waals surface area (Å²) in [5, 5.41) is 4.15. The van der Waals surface area contributed by atoms with Crippen molar-refractivity contribution in [2.45, 2.75) is 19.4 Å². The Labute approximate surface area is 133 Å². The molecule has 118 valence electrons. The zero-order valence-electron chi connectivity index (χ0n) is 12.7. The van der Waals surface area contributed by atoms with E-state index in [1.165, 1.54) is 0 Å². The smallest absolute Gasteiger partial charge is 0.274 e. The first-order chi connectivity index (χ1) is 11.3. The largest absolute Gasteiger partial charge is 0.337 e. The third-order valence-corrected chi connectivity index (χ3v) is 4.40. The topological polar surface area (TPSA) is 68.3 Å². The highest BCUT2D eigenvalue weighted by Crippen LogP contribution is 2.20. The first-order valence-electron chi connectivity index (χ1n) is 7.85. The van der Waals surface area contributed by atoms with Gasteiger partial charge in [-0.3, -0.25) is 9.48 Å². The second-order valence-corrected chi connectivity index (χ2v) is 5.95. The fraction of sp³-hybridized carbons (Fsp3) is 0.375. The highest BCUT2D eigenvalue weighted by atomic mass is 16.2. The second kappa shape index (κ2) is 5.83. The Hall–Kier alpha value is -2.70. The van der Waals surface area contributed by atoms with Crippen LogP contribution in [-0.2, 0) is 6.54 Å². The molecule has 7 nitrogen and oxygen atoms in total. The van der Waals surface area contributed by atoms with Gasteiger partial charge in [0, 0.05) is 32.0 Å². The number of likely N-dealkylation sites (tertiary alicyclic amines) is 1.